The minimum Gasteiger partial charge on any atom is -0.390 e. The number of aliphatic hydroxyl groups is 1. The lowest BCUT2D eigenvalue weighted by atomic mass is 9.72. The van der Waals surface area contributed by atoms with Gasteiger partial charge in [0.25, 0.3) is 11.5 Å². The second kappa shape index (κ2) is 7.51. The smallest absolute Gasteiger partial charge is 0.277 e. The van der Waals surface area contributed by atoms with Gasteiger partial charge in [0.05, 0.1) is 11.3 Å². The van der Waals surface area contributed by atoms with E-state index in [-0.39, 0.29) is 23.4 Å². The zero-order valence-corrected chi connectivity index (χ0v) is 16.2. The van der Waals surface area contributed by atoms with Crippen LogP contribution in [0.25, 0.3) is 0 Å². The molecule has 1 aliphatic heterocycles. The molecule has 2 heterocycles. The summed E-state index contributed by atoms with van der Waals surface area (Å²) < 4.78 is 0. The molecule has 144 valence electrons. The van der Waals surface area contributed by atoms with Crippen LogP contribution in [0.4, 0.5) is 0 Å². The molecule has 26 heavy (non-hydrogen) atoms. The first-order chi connectivity index (χ1) is 12.4. The monoisotopic (exact) mass is 361 g/mol. The van der Waals surface area contributed by atoms with Gasteiger partial charge >= 0.3 is 0 Å². The Morgan fingerprint density at radius 3 is 2.69 bits per heavy atom. The fourth-order valence-electron chi connectivity index (χ4n) is 4.98. The number of aromatic nitrogens is 2. The van der Waals surface area contributed by atoms with Crippen molar-refractivity contribution in [3.63, 3.8) is 0 Å². The van der Waals surface area contributed by atoms with E-state index in [0.717, 1.165) is 49.8 Å². The van der Waals surface area contributed by atoms with Crippen molar-refractivity contribution in [2.45, 2.75) is 83.8 Å². The second-order valence-corrected chi connectivity index (χ2v) is 7.98. The van der Waals surface area contributed by atoms with Crippen LogP contribution in [0, 0.1) is 5.92 Å². The first-order valence-corrected chi connectivity index (χ1v) is 10.0. The van der Waals surface area contributed by atoms with Gasteiger partial charge in [-0.3, -0.25) is 9.59 Å². The molecule has 0 bridgehead atoms. The molecule has 2 N–H and O–H groups in total. The van der Waals surface area contributed by atoms with E-state index in [4.69, 9.17) is 0 Å². The van der Waals surface area contributed by atoms with Crippen molar-refractivity contribution in [3.05, 3.63) is 27.2 Å². The number of hydrogen-bond donors (Lipinski definition) is 2. The van der Waals surface area contributed by atoms with Gasteiger partial charge in [-0.2, -0.15) is 5.10 Å². The summed E-state index contributed by atoms with van der Waals surface area (Å²) in [5.41, 5.74) is 0.670. The lowest BCUT2D eigenvalue weighted by molar-refractivity contribution is -0.0578. The Kier molecular flexibility index (Phi) is 5.51. The van der Waals surface area contributed by atoms with Crippen LogP contribution in [0.5, 0.6) is 0 Å². The number of nitrogens with zero attached hydrogens (tertiary/aromatic N) is 2. The molecular weight excluding hydrogens is 330 g/mol. The Labute approximate surface area is 155 Å². The van der Waals surface area contributed by atoms with E-state index in [2.05, 4.69) is 10.2 Å². The third-order valence-electron chi connectivity index (χ3n) is 6.34. The third-order valence-corrected chi connectivity index (χ3v) is 6.34. The first-order valence-electron chi connectivity index (χ1n) is 10.0. The van der Waals surface area contributed by atoms with Gasteiger partial charge < -0.3 is 10.0 Å². The van der Waals surface area contributed by atoms with E-state index >= 15 is 0 Å². The molecule has 6 nitrogen and oxygen atoms in total. The lowest BCUT2D eigenvalue weighted by Crippen LogP contribution is -2.51. The predicted molar refractivity (Wildman–Crippen MR) is 100 cm³/mol. The summed E-state index contributed by atoms with van der Waals surface area (Å²) in [6, 6.07) is 0.0140. The molecular formula is C20H31N3O3. The van der Waals surface area contributed by atoms with Gasteiger partial charge in [-0.25, -0.2) is 5.10 Å². The van der Waals surface area contributed by atoms with Gasteiger partial charge in [0.2, 0.25) is 0 Å². The molecule has 3 unspecified atom stereocenters. The van der Waals surface area contributed by atoms with E-state index in [1.807, 2.05) is 25.7 Å². The largest absolute Gasteiger partial charge is 0.390 e. The molecule has 1 saturated carbocycles. The van der Waals surface area contributed by atoms with Crippen molar-refractivity contribution in [1.82, 2.24) is 15.1 Å². The van der Waals surface area contributed by atoms with Gasteiger partial charge in [0.1, 0.15) is 5.56 Å². The van der Waals surface area contributed by atoms with E-state index in [9.17, 15) is 14.7 Å². The van der Waals surface area contributed by atoms with Crippen LogP contribution >= 0.6 is 0 Å². The van der Waals surface area contributed by atoms with Gasteiger partial charge in [-0.1, -0.05) is 26.7 Å². The number of carbonyl (C=O) groups is 1. The van der Waals surface area contributed by atoms with Crippen molar-refractivity contribution in [1.29, 1.82) is 0 Å². The summed E-state index contributed by atoms with van der Waals surface area (Å²) in [6.07, 6.45) is 6.97. The van der Waals surface area contributed by atoms with Crippen LogP contribution in [-0.4, -0.2) is 44.3 Å². The average molecular weight is 361 g/mol. The summed E-state index contributed by atoms with van der Waals surface area (Å²) in [5, 5.41) is 17.5. The highest BCUT2D eigenvalue weighted by Crippen LogP contribution is 2.41. The number of hydrogen-bond acceptors (Lipinski definition) is 4. The molecule has 3 rings (SSSR count). The molecule has 0 aromatic carbocycles. The zero-order valence-electron chi connectivity index (χ0n) is 16.2. The van der Waals surface area contributed by atoms with Crippen LogP contribution < -0.4 is 5.56 Å². The van der Waals surface area contributed by atoms with Gasteiger partial charge in [-0.05, 0) is 51.0 Å². The minimum absolute atomic E-state index is 0.0140. The maximum absolute atomic E-state index is 13.4. The maximum Gasteiger partial charge on any atom is 0.277 e. The molecule has 1 amide bonds. The highest BCUT2D eigenvalue weighted by Gasteiger charge is 2.45. The maximum atomic E-state index is 13.4. The van der Waals surface area contributed by atoms with Crippen LogP contribution in [0.3, 0.4) is 0 Å². The van der Waals surface area contributed by atoms with E-state index in [1.165, 1.54) is 0 Å². The fourth-order valence-corrected chi connectivity index (χ4v) is 4.98. The minimum atomic E-state index is -0.737. The summed E-state index contributed by atoms with van der Waals surface area (Å²) >= 11 is 0. The molecule has 1 aliphatic carbocycles. The summed E-state index contributed by atoms with van der Waals surface area (Å²) in [4.78, 5) is 27.7. The molecule has 6 heteroatoms. The number of aryl methyl sites for hydroxylation is 1. The Balaban J connectivity index is 1.96. The second-order valence-electron chi connectivity index (χ2n) is 7.98. The molecule has 2 aliphatic rings. The normalized spacial score (nSPS) is 29.2. The summed E-state index contributed by atoms with van der Waals surface area (Å²) in [6.45, 7) is 6.50. The van der Waals surface area contributed by atoms with Crippen LogP contribution in [0.15, 0.2) is 4.79 Å². The van der Waals surface area contributed by atoms with Gasteiger partial charge in [0.15, 0.2) is 0 Å². The van der Waals surface area contributed by atoms with Crippen LogP contribution in [-0.2, 0) is 12.8 Å². The first kappa shape index (κ1) is 19.1. The SMILES string of the molecule is CCc1n[nH]c(=O)c(C(=O)N2CCCC2C2CCCCC2(C)O)c1CC. The number of likely N-dealkylation sites (tertiary alicyclic amines) is 1. The van der Waals surface area contributed by atoms with Crippen LogP contribution in [0.1, 0.15) is 80.9 Å². The summed E-state index contributed by atoms with van der Waals surface area (Å²) in [5.74, 6) is -0.108. The Hall–Kier alpha value is -1.69. The van der Waals surface area contributed by atoms with Crippen molar-refractivity contribution in [3.8, 4) is 0 Å². The molecule has 0 spiro atoms. The van der Waals surface area contributed by atoms with Crippen molar-refractivity contribution < 1.29 is 9.90 Å². The van der Waals surface area contributed by atoms with Gasteiger partial charge in [-0.15, -0.1) is 0 Å². The third kappa shape index (κ3) is 3.31. The zero-order chi connectivity index (χ0) is 18.9. The van der Waals surface area contributed by atoms with E-state index in [0.29, 0.717) is 19.4 Å². The average Bonchev–Trinajstić information content (AvgIpc) is 3.09. The topological polar surface area (TPSA) is 86.3 Å². The Morgan fingerprint density at radius 2 is 2.04 bits per heavy atom. The molecule has 3 atom stereocenters. The molecule has 1 aromatic heterocycles. The standard InChI is InChI=1S/C20H31N3O3/c1-4-13-15(5-2)21-22-18(24)17(13)19(25)23-12-8-10-16(23)14-9-6-7-11-20(14,3)26/h14,16,26H,4-12H2,1-3H3,(H,22,24). The number of H-pyrrole nitrogens is 1. The molecule has 1 aromatic rings. The van der Waals surface area contributed by atoms with Crippen molar-refractivity contribution >= 4 is 5.91 Å². The molecule has 1 saturated heterocycles. The number of amides is 1. The number of aromatic amines is 1. The van der Waals surface area contributed by atoms with Crippen LogP contribution in [0.2, 0.25) is 0 Å². The van der Waals surface area contributed by atoms with Crippen molar-refractivity contribution in [2.75, 3.05) is 6.54 Å². The van der Waals surface area contributed by atoms with Gasteiger partial charge in [0, 0.05) is 18.5 Å². The quantitative estimate of drug-likeness (QED) is 0.862. The molecule has 2 fully saturated rings. The fraction of sp³-hybridized carbons (Fsp3) is 0.750. The highest BCUT2D eigenvalue weighted by molar-refractivity contribution is 5.96. The Morgan fingerprint density at radius 1 is 1.27 bits per heavy atom. The van der Waals surface area contributed by atoms with E-state index in [1.54, 1.807) is 0 Å². The molecule has 0 radical (unpaired) electrons. The summed E-state index contributed by atoms with van der Waals surface area (Å²) in [7, 11) is 0. The number of nitrogens with one attached hydrogen (secondary N) is 1. The predicted octanol–water partition coefficient (Wildman–Crippen LogP) is 2.44. The number of carbonyl (C=O) groups excluding carboxylic acids is 1. The van der Waals surface area contributed by atoms with E-state index < -0.39 is 11.2 Å². The highest BCUT2D eigenvalue weighted by atomic mass is 16.3. The Bertz CT molecular complexity index is 726. The van der Waals surface area contributed by atoms with Crippen molar-refractivity contribution in [2.24, 2.45) is 5.92 Å². The lowest BCUT2D eigenvalue weighted by Gasteiger charge is -2.43. The number of rotatable bonds is 4.